The summed E-state index contributed by atoms with van der Waals surface area (Å²) in [5.41, 5.74) is 1.41. The zero-order valence-corrected chi connectivity index (χ0v) is 20.8. The van der Waals surface area contributed by atoms with E-state index in [2.05, 4.69) is 0 Å². The van der Waals surface area contributed by atoms with Crippen molar-refractivity contribution < 1.29 is 27.4 Å². The molecule has 176 valence electrons. The van der Waals surface area contributed by atoms with Gasteiger partial charge in [-0.1, -0.05) is 17.7 Å². The molecule has 2 rings (SSSR count). The second kappa shape index (κ2) is 10.7. The summed E-state index contributed by atoms with van der Waals surface area (Å²) >= 11 is 6.22. The lowest BCUT2D eigenvalue weighted by Crippen LogP contribution is -2.30. The predicted octanol–water partition coefficient (Wildman–Crippen LogP) is 4.30. The maximum atomic E-state index is 13.0. The molecule has 0 saturated heterocycles. The van der Waals surface area contributed by atoms with Crippen molar-refractivity contribution >= 4 is 27.6 Å². The van der Waals surface area contributed by atoms with Gasteiger partial charge in [-0.25, -0.2) is 13.2 Å². The van der Waals surface area contributed by atoms with Crippen LogP contribution >= 0.6 is 11.6 Å². The van der Waals surface area contributed by atoms with Gasteiger partial charge in [-0.05, 0) is 69.2 Å². The highest BCUT2D eigenvalue weighted by Gasteiger charge is 2.23. The van der Waals surface area contributed by atoms with Crippen LogP contribution in [0, 0.1) is 6.92 Å². The van der Waals surface area contributed by atoms with E-state index in [-0.39, 0.29) is 24.7 Å². The number of hydrogen-bond acceptors (Lipinski definition) is 6. The van der Waals surface area contributed by atoms with Crippen LogP contribution in [0.3, 0.4) is 0 Å². The first-order valence-corrected chi connectivity index (χ1v) is 11.9. The summed E-state index contributed by atoms with van der Waals surface area (Å²) in [6, 6.07) is 9.84. The van der Waals surface area contributed by atoms with Gasteiger partial charge in [0.1, 0.15) is 11.4 Å². The minimum absolute atomic E-state index is 0.134. The number of ether oxygens (including phenoxy) is 3. The Morgan fingerprint density at radius 2 is 1.78 bits per heavy atom. The molecule has 0 saturated carbocycles. The molecule has 0 aliphatic heterocycles. The number of nitrogens with zero attached hydrogens (tertiary/aromatic N) is 1. The first-order chi connectivity index (χ1) is 14.8. The van der Waals surface area contributed by atoms with Gasteiger partial charge in [-0.2, -0.15) is 4.31 Å². The van der Waals surface area contributed by atoms with E-state index in [0.717, 1.165) is 5.56 Å². The van der Waals surface area contributed by atoms with E-state index in [1.807, 2.05) is 6.92 Å². The number of rotatable bonds is 9. The molecular formula is C23H30ClNO6S. The Morgan fingerprint density at radius 3 is 2.41 bits per heavy atom. The van der Waals surface area contributed by atoms with Gasteiger partial charge in [0.05, 0.1) is 11.5 Å². The summed E-state index contributed by atoms with van der Waals surface area (Å²) in [6.07, 6.45) is 0. The molecule has 2 aromatic carbocycles. The van der Waals surface area contributed by atoms with E-state index >= 15 is 0 Å². The lowest BCUT2D eigenvalue weighted by molar-refractivity contribution is -0.157. The summed E-state index contributed by atoms with van der Waals surface area (Å²) < 4.78 is 43.2. The van der Waals surface area contributed by atoms with Gasteiger partial charge in [-0.15, -0.1) is 0 Å². The van der Waals surface area contributed by atoms with Crippen LogP contribution in [-0.2, 0) is 24.3 Å². The lowest BCUT2D eigenvalue weighted by atomic mass is 10.00. The lowest BCUT2D eigenvalue weighted by Gasteiger charge is -2.20. The average Bonchev–Trinajstić information content (AvgIpc) is 2.69. The van der Waals surface area contributed by atoms with Gasteiger partial charge in [-0.3, -0.25) is 0 Å². The second-order valence-corrected chi connectivity index (χ2v) is 10.8. The van der Waals surface area contributed by atoms with Crippen LogP contribution in [0.25, 0.3) is 11.1 Å². The molecule has 0 heterocycles. The Hall–Kier alpha value is -2.13. The molecule has 0 N–H and O–H groups in total. The average molecular weight is 484 g/mol. The fourth-order valence-corrected chi connectivity index (χ4v) is 4.27. The van der Waals surface area contributed by atoms with Gasteiger partial charge in [0.15, 0.2) is 6.61 Å². The summed E-state index contributed by atoms with van der Waals surface area (Å²) in [5, 5.41) is 0.453. The van der Waals surface area contributed by atoms with Crippen LogP contribution in [0.2, 0.25) is 5.02 Å². The molecule has 0 atom stereocenters. The molecule has 7 nitrogen and oxygen atoms in total. The van der Waals surface area contributed by atoms with E-state index in [1.165, 1.54) is 18.5 Å². The number of halogens is 1. The van der Waals surface area contributed by atoms with Crippen molar-refractivity contribution in [3.8, 4) is 16.9 Å². The van der Waals surface area contributed by atoms with Crippen LogP contribution in [0.1, 0.15) is 26.3 Å². The highest BCUT2D eigenvalue weighted by Crippen LogP contribution is 2.36. The van der Waals surface area contributed by atoms with E-state index in [9.17, 15) is 13.2 Å². The largest absolute Gasteiger partial charge is 0.481 e. The molecule has 0 aliphatic carbocycles. The number of likely N-dealkylation sites (N-methyl/N-ethyl adjacent to an activating group) is 1. The highest BCUT2D eigenvalue weighted by atomic mass is 35.5. The normalized spacial score (nSPS) is 12.1. The van der Waals surface area contributed by atoms with Crippen molar-refractivity contribution in [3.05, 3.63) is 47.0 Å². The molecule has 32 heavy (non-hydrogen) atoms. The molecule has 0 aliphatic rings. The molecule has 0 amide bonds. The zero-order valence-electron chi connectivity index (χ0n) is 19.3. The summed E-state index contributed by atoms with van der Waals surface area (Å²) in [5.74, 6) is -0.114. The third-order valence-corrected chi connectivity index (χ3v) is 6.61. The molecule has 0 fully saturated rings. The van der Waals surface area contributed by atoms with E-state index in [4.69, 9.17) is 25.8 Å². The monoisotopic (exact) mass is 483 g/mol. The SMILES string of the molecule is COCCN(C)S(=O)(=O)c1ccc(C)c(-c2cc(Cl)ccc2OCC(=O)OC(C)(C)C)c1. The molecule has 0 unspecified atom stereocenters. The van der Waals surface area contributed by atoms with E-state index in [0.29, 0.717) is 21.9 Å². The zero-order chi connectivity index (χ0) is 24.1. The van der Waals surface area contributed by atoms with Crippen LogP contribution in [-0.4, -0.2) is 58.2 Å². The third kappa shape index (κ3) is 6.93. The van der Waals surface area contributed by atoms with Gasteiger partial charge < -0.3 is 14.2 Å². The number of carbonyl (C=O) groups excluding carboxylic acids is 1. The fraction of sp³-hybridized carbons (Fsp3) is 0.435. The van der Waals surface area contributed by atoms with Crippen molar-refractivity contribution in [1.29, 1.82) is 0 Å². The van der Waals surface area contributed by atoms with E-state index < -0.39 is 21.6 Å². The Kier molecular flexibility index (Phi) is 8.70. The van der Waals surface area contributed by atoms with Crippen LogP contribution in [0.15, 0.2) is 41.3 Å². The maximum Gasteiger partial charge on any atom is 0.344 e. The third-order valence-electron chi connectivity index (χ3n) is 4.52. The minimum atomic E-state index is -3.72. The quantitative estimate of drug-likeness (QED) is 0.494. The van der Waals surface area contributed by atoms with E-state index in [1.54, 1.807) is 57.2 Å². The van der Waals surface area contributed by atoms with Crippen LogP contribution < -0.4 is 4.74 Å². The van der Waals surface area contributed by atoms with Crippen LogP contribution in [0.4, 0.5) is 0 Å². The molecule has 0 spiro atoms. The Balaban J connectivity index is 2.42. The van der Waals surface area contributed by atoms with Crippen LogP contribution in [0.5, 0.6) is 5.75 Å². The van der Waals surface area contributed by atoms with Gasteiger partial charge >= 0.3 is 5.97 Å². The van der Waals surface area contributed by atoms with Gasteiger partial charge in [0.25, 0.3) is 0 Å². The van der Waals surface area contributed by atoms with Crippen molar-refractivity contribution in [2.75, 3.05) is 33.9 Å². The Bertz CT molecular complexity index is 1060. The fourth-order valence-electron chi connectivity index (χ4n) is 2.92. The second-order valence-electron chi connectivity index (χ2n) is 8.31. The molecule has 2 aromatic rings. The summed E-state index contributed by atoms with van der Waals surface area (Å²) in [4.78, 5) is 12.2. The minimum Gasteiger partial charge on any atom is -0.481 e. The number of benzene rings is 2. The Morgan fingerprint density at radius 1 is 1.09 bits per heavy atom. The highest BCUT2D eigenvalue weighted by molar-refractivity contribution is 7.89. The standard InChI is InChI=1S/C23H30ClNO6S/c1-16-7-9-18(32(27,28)25(5)11-12-29-6)14-19(16)20-13-17(24)8-10-21(20)30-15-22(26)31-23(2,3)4/h7-10,13-14H,11-12,15H2,1-6H3. The molecule has 0 radical (unpaired) electrons. The molecule has 0 bridgehead atoms. The number of sulfonamides is 1. The number of carbonyl (C=O) groups is 1. The van der Waals surface area contributed by atoms with Crippen molar-refractivity contribution in [1.82, 2.24) is 4.31 Å². The topological polar surface area (TPSA) is 82.1 Å². The van der Waals surface area contributed by atoms with Gasteiger partial charge in [0, 0.05) is 31.3 Å². The summed E-state index contributed by atoms with van der Waals surface area (Å²) in [7, 11) is -0.703. The van der Waals surface area contributed by atoms with Crippen molar-refractivity contribution in [3.63, 3.8) is 0 Å². The maximum absolute atomic E-state index is 13.0. The van der Waals surface area contributed by atoms with Gasteiger partial charge in [0.2, 0.25) is 10.0 Å². The Labute approximate surface area is 195 Å². The first kappa shape index (κ1) is 26.1. The molecular weight excluding hydrogens is 454 g/mol. The number of esters is 1. The predicted molar refractivity (Wildman–Crippen MR) is 125 cm³/mol. The smallest absolute Gasteiger partial charge is 0.344 e. The first-order valence-electron chi connectivity index (χ1n) is 10.1. The summed E-state index contributed by atoms with van der Waals surface area (Å²) in [6.45, 7) is 7.41. The number of hydrogen-bond donors (Lipinski definition) is 0. The number of aryl methyl sites for hydroxylation is 1. The van der Waals surface area contributed by atoms with Crippen molar-refractivity contribution in [2.45, 2.75) is 38.2 Å². The molecule has 0 aromatic heterocycles. The molecule has 9 heteroatoms. The van der Waals surface area contributed by atoms with Crippen molar-refractivity contribution in [2.24, 2.45) is 0 Å². The number of methoxy groups -OCH3 is 1.